The van der Waals surface area contributed by atoms with E-state index in [1.807, 2.05) is 0 Å². The zero-order chi connectivity index (χ0) is 22.6. The highest BCUT2D eigenvalue weighted by molar-refractivity contribution is 7.17. The molecule has 0 saturated heterocycles. The Morgan fingerprint density at radius 1 is 1.06 bits per heavy atom. The standard InChI is InChI=1S/C28H33NO3S/c1-32-27(31)25-22-8-7-21(20-5-3-2-4-6-20)12-23(22)33-26(25)29-24(30)16-28-13-17-9-18(14-28)11-19(10-17)15-28/h2-6,17-19,21H,7-16H2,1H3,(H,29,30). The second-order valence-electron chi connectivity index (χ2n) is 11.2. The van der Waals surface area contributed by atoms with Crippen LogP contribution in [0.4, 0.5) is 5.00 Å². The minimum absolute atomic E-state index is 0.0836. The second kappa shape index (κ2) is 8.26. The van der Waals surface area contributed by atoms with Gasteiger partial charge in [0.25, 0.3) is 0 Å². The maximum atomic E-state index is 13.3. The Morgan fingerprint density at radius 2 is 1.73 bits per heavy atom. The quantitative estimate of drug-likeness (QED) is 0.526. The number of hydrogen-bond donors (Lipinski definition) is 1. The molecule has 0 radical (unpaired) electrons. The fraction of sp³-hybridized carbons (Fsp3) is 0.571. The number of nitrogens with one attached hydrogen (secondary N) is 1. The number of ether oxygens (including phenoxy) is 1. The monoisotopic (exact) mass is 463 g/mol. The van der Waals surface area contributed by atoms with Gasteiger partial charge >= 0.3 is 5.97 Å². The van der Waals surface area contributed by atoms with Gasteiger partial charge in [-0.25, -0.2) is 4.79 Å². The van der Waals surface area contributed by atoms with Gasteiger partial charge in [0.15, 0.2) is 0 Å². The molecule has 4 fully saturated rings. The number of esters is 1. The van der Waals surface area contributed by atoms with Gasteiger partial charge in [-0.3, -0.25) is 4.79 Å². The molecule has 7 rings (SSSR count). The molecule has 33 heavy (non-hydrogen) atoms. The van der Waals surface area contributed by atoms with Gasteiger partial charge in [0.1, 0.15) is 5.00 Å². The average Bonchev–Trinajstić information content (AvgIpc) is 3.14. The van der Waals surface area contributed by atoms with Crippen LogP contribution in [0.15, 0.2) is 30.3 Å². The molecule has 1 amide bonds. The highest BCUT2D eigenvalue weighted by atomic mass is 32.1. The van der Waals surface area contributed by atoms with Crippen molar-refractivity contribution in [1.82, 2.24) is 0 Å². The number of hydrogen-bond acceptors (Lipinski definition) is 4. The third-order valence-electron chi connectivity index (χ3n) is 8.88. The predicted molar refractivity (Wildman–Crippen MR) is 131 cm³/mol. The molecule has 174 valence electrons. The van der Waals surface area contributed by atoms with E-state index < -0.39 is 0 Å². The van der Waals surface area contributed by atoms with Gasteiger partial charge in [-0.05, 0) is 98.0 Å². The van der Waals surface area contributed by atoms with Crippen LogP contribution in [0.3, 0.4) is 0 Å². The molecule has 5 aliphatic rings. The molecule has 2 aromatic rings. The van der Waals surface area contributed by atoms with E-state index in [9.17, 15) is 9.59 Å². The predicted octanol–water partition coefficient (Wildman–Crippen LogP) is 6.35. The summed E-state index contributed by atoms with van der Waals surface area (Å²) in [4.78, 5) is 27.3. The Hall–Kier alpha value is -2.14. The Labute approximate surface area is 200 Å². The summed E-state index contributed by atoms with van der Waals surface area (Å²) in [5.74, 6) is 2.71. The van der Waals surface area contributed by atoms with Crippen LogP contribution in [0.5, 0.6) is 0 Å². The number of benzene rings is 1. The molecule has 4 nitrogen and oxygen atoms in total. The summed E-state index contributed by atoms with van der Waals surface area (Å²) in [6.45, 7) is 0. The van der Waals surface area contributed by atoms with E-state index in [2.05, 4.69) is 35.6 Å². The van der Waals surface area contributed by atoms with Crippen LogP contribution in [0.25, 0.3) is 0 Å². The molecule has 4 bridgehead atoms. The van der Waals surface area contributed by atoms with E-state index in [4.69, 9.17) is 4.74 Å². The summed E-state index contributed by atoms with van der Waals surface area (Å²) in [5, 5.41) is 3.90. The molecule has 4 saturated carbocycles. The van der Waals surface area contributed by atoms with Gasteiger partial charge in [-0.2, -0.15) is 0 Å². The molecular weight excluding hydrogens is 430 g/mol. The van der Waals surface area contributed by atoms with Crippen molar-refractivity contribution in [3.63, 3.8) is 0 Å². The fourth-order valence-electron chi connectivity index (χ4n) is 8.02. The lowest BCUT2D eigenvalue weighted by molar-refractivity contribution is -0.124. The topological polar surface area (TPSA) is 55.4 Å². The number of methoxy groups -OCH3 is 1. The number of carbonyl (C=O) groups is 2. The minimum Gasteiger partial charge on any atom is -0.465 e. The van der Waals surface area contributed by atoms with E-state index in [1.165, 1.54) is 56.1 Å². The van der Waals surface area contributed by atoms with Gasteiger partial charge in [-0.15, -0.1) is 11.3 Å². The van der Waals surface area contributed by atoms with Crippen molar-refractivity contribution in [2.24, 2.45) is 23.2 Å². The first kappa shape index (κ1) is 21.4. The van der Waals surface area contributed by atoms with E-state index in [1.54, 1.807) is 11.3 Å². The maximum Gasteiger partial charge on any atom is 0.341 e. The summed E-state index contributed by atoms with van der Waals surface area (Å²) in [6.07, 6.45) is 11.2. The first-order chi connectivity index (χ1) is 16.0. The van der Waals surface area contributed by atoms with Crippen LogP contribution >= 0.6 is 11.3 Å². The first-order valence-corrected chi connectivity index (χ1v) is 13.4. The van der Waals surface area contributed by atoms with Crippen molar-refractivity contribution in [1.29, 1.82) is 0 Å². The van der Waals surface area contributed by atoms with E-state index >= 15 is 0 Å². The summed E-state index contributed by atoms with van der Waals surface area (Å²) in [6, 6.07) is 10.6. The van der Waals surface area contributed by atoms with Crippen LogP contribution in [0.1, 0.15) is 83.6 Å². The van der Waals surface area contributed by atoms with Gasteiger partial charge < -0.3 is 10.1 Å². The van der Waals surface area contributed by atoms with E-state index in [0.29, 0.717) is 22.9 Å². The van der Waals surface area contributed by atoms with Crippen molar-refractivity contribution in [3.8, 4) is 0 Å². The smallest absolute Gasteiger partial charge is 0.341 e. The molecular formula is C28H33NO3S. The summed E-state index contributed by atoms with van der Waals surface area (Å²) in [7, 11) is 1.43. The number of thiophene rings is 1. The van der Waals surface area contributed by atoms with Crippen LogP contribution in [-0.2, 0) is 22.4 Å². The third kappa shape index (κ3) is 3.92. The number of anilines is 1. The Bertz CT molecular complexity index is 1040. The van der Waals surface area contributed by atoms with Crippen molar-refractivity contribution < 1.29 is 14.3 Å². The first-order valence-electron chi connectivity index (χ1n) is 12.6. The SMILES string of the molecule is COC(=O)c1c(NC(=O)CC23CC4CC(CC(C4)C2)C3)sc2c1CCC(c1ccccc1)C2. The number of carbonyl (C=O) groups excluding carboxylic acids is 2. The van der Waals surface area contributed by atoms with Crippen molar-refractivity contribution in [2.75, 3.05) is 12.4 Å². The summed E-state index contributed by atoms with van der Waals surface area (Å²) >= 11 is 1.59. The molecule has 1 heterocycles. The number of fused-ring (bicyclic) bond motifs is 1. The third-order valence-corrected chi connectivity index (χ3v) is 10.0. The van der Waals surface area contributed by atoms with Gasteiger partial charge in [0.2, 0.25) is 5.91 Å². The van der Waals surface area contributed by atoms with Gasteiger partial charge in [0, 0.05) is 11.3 Å². The Balaban J connectivity index is 1.23. The number of rotatable bonds is 5. The zero-order valence-electron chi connectivity index (χ0n) is 19.4. The van der Waals surface area contributed by atoms with Gasteiger partial charge in [-0.1, -0.05) is 30.3 Å². The van der Waals surface area contributed by atoms with E-state index in [-0.39, 0.29) is 17.3 Å². The highest BCUT2D eigenvalue weighted by Gasteiger charge is 2.51. The fourth-order valence-corrected chi connectivity index (χ4v) is 9.35. The lowest BCUT2D eigenvalue weighted by Gasteiger charge is -2.56. The number of amides is 1. The lowest BCUT2D eigenvalue weighted by Crippen LogP contribution is -2.47. The Kier molecular flexibility index (Phi) is 5.36. The van der Waals surface area contributed by atoms with Crippen LogP contribution in [0, 0.1) is 23.2 Å². The maximum absolute atomic E-state index is 13.3. The molecule has 1 N–H and O–H groups in total. The molecule has 0 spiro atoms. The van der Waals surface area contributed by atoms with Crippen molar-refractivity contribution in [2.45, 2.75) is 70.1 Å². The van der Waals surface area contributed by atoms with Crippen LogP contribution in [0.2, 0.25) is 0 Å². The van der Waals surface area contributed by atoms with Crippen LogP contribution in [-0.4, -0.2) is 19.0 Å². The van der Waals surface area contributed by atoms with E-state index in [0.717, 1.165) is 42.6 Å². The van der Waals surface area contributed by atoms with Gasteiger partial charge in [0.05, 0.1) is 12.7 Å². The second-order valence-corrected chi connectivity index (χ2v) is 12.3. The average molecular weight is 464 g/mol. The highest BCUT2D eigenvalue weighted by Crippen LogP contribution is 2.61. The molecule has 1 aromatic heterocycles. The normalized spacial score (nSPS) is 31.8. The minimum atomic E-state index is -0.323. The largest absolute Gasteiger partial charge is 0.465 e. The molecule has 5 aliphatic carbocycles. The molecule has 0 aliphatic heterocycles. The summed E-state index contributed by atoms with van der Waals surface area (Å²) < 4.78 is 5.14. The van der Waals surface area contributed by atoms with Crippen LogP contribution < -0.4 is 5.32 Å². The zero-order valence-corrected chi connectivity index (χ0v) is 20.2. The molecule has 5 heteroatoms. The summed E-state index contributed by atoms with van der Waals surface area (Å²) in [5.41, 5.74) is 3.23. The molecule has 1 atom stereocenters. The van der Waals surface area contributed by atoms with Crippen molar-refractivity contribution in [3.05, 3.63) is 51.9 Å². The van der Waals surface area contributed by atoms with Crippen molar-refractivity contribution >= 4 is 28.2 Å². The molecule has 1 aromatic carbocycles. The lowest BCUT2D eigenvalue weighted by atomic mass is 9.49. The molecule has 1 unspecified atom stereocenters. The Morgan fingerprint density at radius 3 is 2.36 bits per heavy atom.